The fraction of sp³-hybridized carbons (Fsp3) is 0.381. The molecule has 150 valence electrons. The number of amides is 1. The molecule has 28 heavy (non-hydrogen) atoms. The standard InChI is InChI=1S/C21H26N2O4S/c1-14-10-16(3)20(11-15(14)2)28(25,26)22-18-7-8-19-17(12-18)6-5-9-23(19)21(24)13-27-4/h7-8,10-12,22H,5-6,9,13H2,1-4H3. The van der Waals surface area contributed by atoms with Crippen LogP contribution in [0, 0.1) is 20.8 Å². The molecule has 0 radical (unpaired) electrons. The van der Waals surface area contributed by atoms with Crippen molar-refractivity contribution in [3.05, 3.63) is 52.6 Å². The number of rotatable bonds is 5. The Hall–Kier alpha value is -2.38. The monoisotopic (exact) mass is 402 g/mol. The molecule has 1 aliphatic rings. The van der Waals surface area contributed by atoms with Gasteiger partial charge in [0.2, 0.25) is 0 Å². The summed E-state index contributed by atoms with van der Waals surface area (Å²) in [4.78, 5) is 14.2. The molecule has 7 heteroatoms. The summed E-state index contributed by atoms with van der Waals surface area (Å²) >= 11 is 0. The molecule has 0 saturated carbocycles. The number of carbonyl (C=O) groups excluding carboxylic acids is 1. The first-order valence-corrected chi connectivity index (χ1v) is 10.7. The van der Waals surface area contributed by atoms with Crippen LogP contribution in [0.4, 0.5) is 11.4 Å². The summed E-state index contributed by atoms with van der Waals surface area (Å²) in [7, 11) is -2.20. The van der Waals surface area contributed by atoms with Crippen LogP contribution in [-0.4, -0.2) is 34.6 Å². The Balaban J connectivity index is 1.90. The smallest absolute Gasteiger partial charge is 0.262 e. The molecule has 3 rings (SSSR count). The Morgan fingerprint density at radius 2 is 1.82 bits per heavy atom. The van der Waals surface area contributed by atoms with Gasteiger partial charge in [-0.25, -0.2) is 8.42 Å². The van der Waals surface area contributed by atoms with Gasteiger partial charge in [0.1, 0.15) is 6.61 Å². The summed E-state index contributed by atoms with van der Waals surface area (Å²) in [5.74, 6) is -0.0949. The van der Waals surface area contributed by atoms with E-state index in [1.54, 1.807) is 30.0 Å². The topological polar surface area (TPSA) is 75.7 Å². The summed E-state index contributed by atoms with van der Waals surface area (Å²) in [6.45, 7) is 6.33. The zero-order valence-electron chi connectivity index (χ0n) is 16.7. The molecule has 0 aromatic heterocycles. The SMILES string of the molecule is COCC(=O)N1CCCc2cc(NS(=O)(=O)c3cc(C)c(C)cc3C)ccc21. The highest BCUT2D eigenvalue weighted by Crippen LogP contribution is 2.31. The Labute approximate surface area is 166 Å². The zero-order valence-corrected chi connectivity index (χ0v) is 17.5. The van der Waals surface area contributed by atoms with Crippen LogP contribution in [0.3, 0.4) is 0 Å². The van der Waals surface area contributed by atoms with E-state index in [1.807, 2.05) is 26.0 Å². The largest absolute Gasteiger partial charge is 0.375 e. The van der Waals surface area contributed by atoms with Crippen molar-refractivity contribution in [1.82, 2.24) is 0 Å². The number of nitrogens with zero attached hydrogens (tertiary/aromatic N) is 1. The fourth-order valence-corrected chi connectivity index (χ4v) is 4.92. The molecule has 2 aromatic carbocycles. The van der Waals surface area contributed by atoms with Gasteiger partial charge in [-0.2, -0.15) is 0 Å². The van der Waals surface area contributed by atoms with Crippen LogP contribution in [0.15, 0.2) is 35.2 Å². The van der Waals surface area contributed by atoms with Gasteiger partial charge >= 0.3 is 0 Å². The first kappa shape index (κ1) is 20.4. The number of ether oxygens (including phenoxy) is 1. The molecule has 1 amide bonds. The minimum atomic E-state index is -3.70. The third kappa shape index (κ3) is 4.05. The van der Waals surface area contributed by atoms with Gasteiger partial charge in [-0.3, -0.25) is 9.52 Å². The number of benzene rings is 2. The summed E-state index contributed by atoms with van der Waals surface area (Å²) < 4.78 is 33.5. The highest BCUT2D eigenvalue weighted by atomic mass is 32.2. The van der Waals surface area contributed by atoms with E-state index < -0.39 is 10.0 Å². The lowest BCUT2D eigenvalue weighted by atomic mass is 10.0. The van der Waals surface area contributed by atoms with Gasteiger partial charge in [-0.05, 0) is 80.1 Å². The highest BCUT2D eigenvalue weighted by molar-refractivity contribution is 7.92. The predicted octanol–water partition coefficient (Wildman–Crippen LogP) is 3.34. The van der Waals surface area contributed by atoms with E-state index >= 15 is 0 Å². The van der Waals surface area contributed by atoms with Crippen LogP contribution in [0.2, 0.25) is 0 Å². The normalized spacial score (nSPS) is 13.9. The molecule has 0 saturated heterocycles. The number of carbonyl (C=O) groups is 1. The van der Waals surface area contributed by atoms with Gasteiger partial charge in [0, 0.05) is 25.0 Å². The molecule has 6 nitrogen and oxygen atoms in total. The molecule has 0 unspecified atom stereocenters. The van der Waals surface area contributed by atoms with Crippen LogP contribution in [-0.2, 0) is 26.0 Å². The molecule has 0 fully saturated rings. The summed E-state index contributed by atoms with van der Waals surface area (Å²) in [5, 5.41) is 0. The molecule has 2 aromatic rings. The van der Waals surface area contributed by atoms with Crippen LogP contribution < -0.4 is 9.62 Å². The zero-order chi connectivity index (χ0) is 20.5. The number of hydrogen-bond donors (Lipinski definition) is 1. The molecular weight excluding hydrogens is 376 g/mol. The molecule has 1 aliphatic heterocycles. The number of fused-ring (bicyclic) bond motifs is 1. The van der Waals surface area contributed by atoms with E-state index in [0.29, 0.717) is 17.8 Å². The maximum atomic E-state index is 12.9. The Morgan fingerprint density at radius 1 is 1.11 bits per heavy atom. The minimum absolute atomic E-state index is 0.0277. The molecule has 0 bridgehead atoms. The molecule has 0 spiro atoms. The van der Waals surface area contributed by atoms with Crippen molar-refractivity contribution in [2.45, 2.75) is 38.5 Å². The summed E-state index contributed by atoms with van der Waals surface area (Å²) in [6, 6.07) is 8.90. The molecular formula is C21H26N2O4S. The van der Waals surface area contributed by atoms with E-state index in [2.05, 4.69) is 4.72 Å². The van der Waals surface area contributed by atoms with Crippen LogP contribution >= 0.6 is 0 Å². The quantitative estimate of drug-likeness (QED) is 0.832. The van der Waals surface area contributed by atoms with Gasteiger partial charge in [-0.15, -0.1) is 0 Å². The predicted molar refractivity (Wildman–Crippen MR) is 110 cm³/mol. The summed E-state index contributed by atoms with van der Waals surface area (Å²) in [6.07, 6.45) is 1.62. The van der Waals surface area contributed by atoms with E-state index in [4.69, 9.17) is 4.74 Å². The van der Waals surface area contributed by atoms with E-state index in [-0.39, 0.29) is 17.4 Å². The third-order valence-corrected chi connectivity index (χ3v) is 6.62. The van der Waals surface area contributed by atoms with Gasteiger partial charge in [-0.1, -0.05) is 6.07 Å². The number of hydrogen-bond acceptors (Lipinski definition) is 4. The number of anilines is 2. The van der Waals surface area contributed by atoms with Gasteiger partial charge in [0.25, 0.3) is 15.9 Å². The van der Waals surface area contributed by atoms with E-state index in [9.17, 15) is 13.2 Å². The van der Waals surface area contributed by atoms with Crippen molar-refractivity contribution in [3.63, 3.8) is 0 Å². The lowest BCUT2D eigenvalue weighted by molar-refractivity contribution is -0.122. The summed E-state index contributed by atoms with van der Waals surface area (Å²) in [5.41, 5.74) is 4.98. The van der Waals surface area contributed by atoms with Crippen molar-refractivity contribution < 1.29 is 17.9 Å². The van der Waals surface area contributed by atoms with E-state index in [0.717, 1.165) is 35.2 Å². The second-order valence-corrected chi connectivity index (χ2v) is 8.88. The lowest BCUT2D eigenvalue weighted by Gasteiger charge is -2.29. The maximum absolute atomic E-state index is 12.9. The fourth-order valence-electron chi connectivity index (χ4n) is 3.55. The van der Waals surface area contributed by atoms with Crippen LogP contribution in [0.1, 0.15) is 28.7 Å². The first-order valence-electron chi connectivity index (χ1n) is 9.26. The molecule has 1 heterocycles. The van der Waals surface area contributed by atoms with Crippen molar-refractivity contribution in [3.8, 4) is 0 Å². The van der Waals surface area contributed by atoms with Gasteiger partial charge in [0.15, 0.2) is 0 Å². The Morgan fingerprint density at radius 3 is 2.54 bits per heavy atom. The lowest BCUT2D eigenvalue weighted by Crippen LogP contribution is -2.37. The van der Waals surface area contributed by atoms with Crippen molar-refractivity contribution in [2.75, 3.05) is 29.9 Å². The number of methoxy groups -OCH3 is 1. The van der Waals surface area contributed by atoms with Crippen molar-refractivity contribution in [1.29, 1.82) is 0 Å². The van der Waals surface area contributed by atoms with Crippen LogP contribution in [0.5, 0.6) is 0 Å². The number of aryl methyl sites for hydroxylation is 4. The average molecular weight is 403 g/mol. The molecule has 0 atom stereocenters. The highest BCUT2D eigenvalue weighted by Gasteiger charge is 2.24. The van der Waals surface area contributed by atoms with Gasteiger partial charge in [0.05, 0.1) is 4.90 Å². The molecule has 1 N–H and O–H groups in total. The average Bonchev–Trinajstić information content (AvgIpc) is 2.63. The minimum Gasteiger partial charge on any atom is -0.375 e. The van der Waals surface area contributed by atoms with Gasteiger partial charge < -0.3 is 9.64 Å². The van der Waals surface area contributed by atoms with Crippen molar-refractivity contribution in [2.24, 2.45) is 0 Å². The van der Waals surface area contributed by atoms with Crippen LogP contribution in [0.25, 0.3) is 0 Å². The van der Waals surface area contributed by atoms with E-state index in [1.165, 1.54) is 7.11 Å². The molecule has 0 aliphatic carbocycles. The Bertz CT molecular complexity index is 1020. The first-order chi connectivity index (χ1) is 13.2. The maximum Gasteiger partial charge on any atom is 0.262 e. The second kappa shape index (κ2) is 7.93. The second-order valence-electron chi connectivity index (χ2n) is 7.23. The number of nitrogens with one attached hydrogen (secondary N) is 1. The van der Waals surface area contributed by atoms with Crippen molar-refractivity contribution >= 4 is 27.3 Å². The Kier molecular flexibility index (Phi) is 5.76. The third-order valence-electron chi connectivity index (χ3n) is 5.10. The number of sulfonamides is 1.